The first kappa shape index (κ1) is 18.5. The van der Waals surface area contributed by atoms with E-state index in [1.807, 2.05) is 31.2 Å². The summed E-state index contributed by atoms with van der Waals surface area (Å²) in [5, 5.41) is 12.2. The molecule has 1 amide bonds. The standard InChI is InChI=1S/C19H18BrN3O2S/c1-12(22-18(25)11-26-16-8-6-15(24)7-9-16)19-21-10-17(23-19)13-2-4-14(20)5-3-13/h2-10,12,24H,11H2,1H3,(H,21,23)(H,22,25)/t12-/m1/s1. The number of carbonyl (C=O) groups is 1. The highest BCUT2D eigenvalue weighted by Crippen LogP contribution is 2.23. The fraction of sp³-hybridized carbons (Fsp3) is 0.158. The summed E-state index contributed by atoms with van der Waals surface area (Å²) in [5.74, 6) is 1.16. The second-order valence-corrected chi connectivity index (χ2v) is 7.73. The SMILES string of the molecule is C[C@@H](NC(=O)CSc1ccc(O)cc1)c1ncc(-c2ccc(Br)cc2)[nH]1. The van der Waals surface area contributed by atoms with Crippen molar-refractivity contribution in [2.45, 2.75) is 17.9 Å². The molecule has 5 nitrogen and oxygen atoms in total. The van der Waals surface area contributed by atoms with E-state index in [4.69, 9.17) is 0 Å². The zero-order valence-corrected chi connectivity index (χ0v) is 16.5. The van der Waals surface area contributed by atoms with E-state index >= 15 is 0 Å². The van der Waals surface area contributed by atoms with E-state index in [0.717, 1.165) is 20.6 Å². The Hall–Kier alpha value is -2.25. The molecule has 0 unspecified atom stereocenters. The Bertz CT molecular complexity index is 879. The average Bonchev–Trinajstić information content (AvgIpc) is 3.12. The number of phenols is 1. The average molecular weight is 432 g/mol. The lowest BCUT2D eigenvalue weighted by Gasteiger charge is -2.11. The van der Waals surface area contributed by atoms with E-state index < -0.39 is 0 Å². The van der Waals surface area contributed by atoms with Crippen molar-refractivity contribution in [2.75, 3.05) is 5.75 Å². The molecular formula is C19H18BrN3O2S. The Balaban J connectivity index is 1.55. The number of aromatic hydroxyl groups is 1. The lowest BCUT2D eigenvalue weighted by molar-refractivity contribution is -0.119. The summed E-state index contributed by atoms with van der Waals surface area (Å²) in [7, 11) is 0. The number of carbonyl (C=O) groups excluding carboxylic acids is 1. The number of nitrogens with zero attached hydrogens (tertiary/aromatic N) is 1. The van der Waals surface area contributed by atoms with E-state index in [1.54, 1.807) is 30.5 Å². The third-order valence-corrected chi connectivity index (χ3v) is 5.29. The molecule has 0 bridgehead atoms. The number of rotatable bonds is 6. The van der Waals surface area contributed by atoms with Crippen LogP contribution in [0, 0.1) is 0 Å². The van der Waals surface area contributed by atoms with Gasteiger partial charge in [-0.05, 0) is 48.9 Å². The van der Waals surface area contributed by atoms with Gasteiger partial charge in [-0.2, -0.15) is 0 Å². The lowest BCUT2D eigenvalue weighted by Crippen LogP contribution is -2.28. The normalized spacial score (nSPS) is 11.9. The zero-order valence-electron chi connectivity index (χ0n) is 14.1. The van der Waals surface area contributed by atoms with Gasteiger partial charge >= 0.3 is 0 Å². The van der Waals surface area contributed by atoms with Crippen LogP contribution in [0.5, 0.6) is 5.75 Å². The smallest absolute Gasteiger partial charge is 0.230 e. The van der Waals surface area contributed by atoms with Crippen molar-refractivity contribution in [3.63, 3.8) is 0 Å². The van der Waals surface area contributed by atoms with Crippen molar-refractivity contribution in [1.29, 1.82) is 0 Å². The summed E-state index contributed by atoms with van der Waals surface area (Å²) in [6.07, 6.45) is 1.77. The molecule has 26 heavy (non-hydrogen) atoms. The van der Waals surface area contributed by atoms with Gasteiger partial charge in [0.25, 0.3) is 0 Å². The highest BCUT2D eigenvalue weighted by atomic mass is 79.9. The van der Waals surface area contributed by atoms with Crippen LogP contribution < -0.4 is 5.32 Å². The van der Waals surface area contributed by atoms with Crippen molar-refractivity contribution in [3.05, 3.63) is 65.0 Å². The molecule has 1 atom stereocenters. The van der Waals surface area contributed by atoms with Gasteiger partial charge in [0, 0.05) is 9.37 Å². The number of aromatic amines is 1. The van der Waals surface area contributed by atoms with Crippen molar-refractivity contribution < 1.29 is 9.90 Å². The van der Waals surface area contributed by atoms with E-state index in [1.165, 1.54) is 11.8 Å². The molecule has 0 saturated carbocycles. The van der Waals surface area contributed by atoms with Crippen LogP contribution in [-0.2, 0) is 4.79 Å². The van der Waals surface area contributed by atoms with E-state index in [-0.39, 0.29) is 17.7 Å². The third-order valence-electron chi connectivity index (χ3n) is 3.74. The van der Waals surface area contributed by atoms with E-state index in [0.29, 0.717) is 11.6 Å². The number of H-pyrrole nitrogens is 1. The van der Waals surface area contributed by atoms with Crippen LogP contribution in [0.25, 0.3) is 11.3 Å². The fourth-order valence-electron chi connectivity index (χ4n) is 2.38. The summed E-state index contributed by atoms with van der Waals surface area (Å²) in [4.78, 5) is 20.7. The Morgan fingerprint density at radius 3 is 2.62 bits per heavy atom. The quantitative estimate of drug-likeness (QED) is 0.501. The number of phenolic OH excluding ortho intramolecular Hbond substituents is 1. The highest BCUT2D eigenvalue weighted by Gasteiger charge is 2.13. The Morgan fingerprint density at radius 1 is 1.23 bits per heavy atom. The first-order chi connectivity index (χ1) is 12.5. The molecule has 2 aromatic carbocycles. The Morgan fingerprint density at radius 2 is 1.92 bits per heavy atom. The van der Waals surface area contributed by atoms with E-state index in [2.05, 4.69) is 31.2 Å². The predicted molar refractivity (Wildman–Crippen MR) is 107 cm³/mol. The topological polar surface area (TPSA) is 78.0 Å². The van der Waals surface area contributed by atoms with Crippen LogP contribution in [0.2, 0.25) is 0 Å². The number of halogens is 1. The highest BCUT2D eigenvalue weighted by molar-refractivity contribution is 9.10. The molecule has 0 fully saturated rings. The minimum absolute atomic E-state index is 0.0721. The monoisotopic (exact) mass is 431 g/mol. The molecule has 0 aliphatic carbocycles. The maximum absolute atomic E-state index is 12.2. The number of aromatic nitrogens is 2. The van der Waals surface area contributed by atoms with Crippen LogP contribution in [0.4, 0.5) is 0 Å². The van der Waals surface area contributed by atoms with Crippen molar-refractivity contribution in [3.8, 4) is 17.0 Å². The van der Waals surface area contributed by atoms with Gasteiger partial charge in [-0.1, -0.05) is 28.1 Å². The van der Waals surface area contributed by atoms with Crippen LogP contribution in [0.1, 0.15) is 18.8 Å². The number of nitrogens with one attached hydrogen (secondary N) is 2. The van der Waals surface area contributed by atoms with Gasteiger partial charge in [0.15, 0.2) is 0 Å². The zero-order chi connectivity index (χ0) is 18.5. The first-order valence-electron chi connectivity index (χ1n) is 8.03. The first-order valence-corrected chi connectivity index (χ1v) is 9.81. The maximum Gasteiger partial charge on any atom is 0.230 e. The molecule has 0 aliphatic heterocycles. The summed E-state index contributed by atoms with van der Waals surface area (Å²) in [6.45, 7) is 1.90. The van der Waals surface area contributed by atoms with Gasteiger partial charge in [-0.15, -0.1) is 11.8 Å². The van der Waals surface area contributed by atoms with Gasteiger partial charge < -0.3 is 15.4 Å². The number of thioether (sulfide) groups is 1. The Kier molecular flexibility index (Phi) is 6.00. The Labute approximate surface area is 164 Å². The van der Waals surface area contributed by atoms with Gasteiger partial charge in [-0.25, -0.2) is 4.98 Å². The molecule has 134 valence electrons. The van der Waals surface area contributed by atoms with Gasteiger partial charge in [0.05, 0.1) is 23.7 Å². The molecule has 3 aromatic rings. The van der Waals surface area contributed by atoms with Crippen molar-refractivity contribution in [2.24, 2.45) is 0 Å². The predicted octanol–water partition coefficient (Wildman–Crippen LogP) is 4.51. The largest absolute Gasteiger partial charge is 0.508 e. The molecule has 0 radical (unpaired) electrons. The number of amides is 1. The molecule has 0 aliphatic rings. The molecular weight excluding hydrogens is 414 g/mol. The van der Waals surface area contributed by atoms with Gasteiger partial charge in [-0.3, -0.25) is 4.79 Å². The molecule has 0 spiro atoms. The van der Waals surface area contributed by atoms with Crippen molar-refractivity contribution >= 4 is 33.6 Å². The summed E-state index contributed by atoms with van der Waals surface area (Å²) < 4.78 is 1.02. The molecule has 3 rings (SSSR count). The summed E-state index contributed by atoms with van der Waals surface area (Å²) >= 11 is 4.84. The number of benzene rings is 2. The van der Waals surface area contributed by atoms with Gasteiger partial charge in [0.2, 0.25) is 5.91 Å². The number of hydrogen-bond acceptors (Lipinski definition) is 4. The minimum atomic E-state index is -0.216. The molecule has 7 heteroatoms. The van der Waals surface area contributed by atoms with Gasteiger partial charge in [0.1, 0.15) is 11.6 Å². The number of imidazole rings is 1. The van der Waals surface area contributed by atoms with Crippen LogP contribution in [0.15, 0.2) is 64.1 Å². The minimum Gasteiger partial charge on any atom is -0.508 e. The maximum atomic E-state index is 12.2. The van der Waals surface area contributed by atoms with E-state index in [9.17, 15) is 9.90 Å². The van der Waals surface area contributed by atoms with Crippen molar-refractivity contribution in [1.82, 2.24) is 15.3 Å². The molecule has 0 saturated heterocycles. The fourth-order valence-corrected chi connectivity index (χ4v) is 3.35. The van der Waals surface area contributed by atoms with Crippen LogP contribution in [-0.4, -0.2) is 26.7 Å². The third kappa shape index (κ3) is 4.89. The summed E-state index contributed by atoms with van der Waals surface area (Å²) in [5.41, 5.74) is 1.94. The van der Waals surface area contributed by atoms with Crippen LogP contribution in [0.3, 0.4) is 0 Å². The molecule has 3 N–H and O–H groups in total. The molecule has 1 aromatic heterocycles. The second kappa shape index (κ2) is 8.42. The molecule has 1 heterocycles. The van der Waals surface area contributed by atoms with Crippen LogP contribution >= 0.6 is 27.7 Å². The lowest BCUT2D eigenvalue weighted by atomic mass is 10.2. The second-order valence-electron chi connectivity index (χ2n) is 5.76. The number of hydrogen-bond donors (Lipinski definition) is 3. The summed E-state index contributed by atoms with van der Waals surface area (Å²) in [6, 6.07) is 14.5.